The van der Waals surface area contributed by atoms with Gasteiger partial charge in [0.25, 0.3) is 0 Å². The van der Waals surface area contributed by atoms with Crippen LogP contribution >= 0.6 is 0 Å². The summed E-state index contributed by atoms with van der Waals surface area (Å²) in [7, 11) is 1.28. The summed E-state index contributed by atoms with van der Waals surface area (Å²) >= 11 is 0. The smallest absolute Gasteiger partial charge is 0.345 e. The molecule has 0 bridgehead atoms. The van der Waals surface area contributed by atoms with Gasteiger partial charge in [0.2, 0.25) is 0 Å². The molecule has 108 valence electrons. The van der Waals surface area contributed by atoms with Crippen molar-refractivity contribution in [3.63, 3.8) is 0 Å². The molecule has 0 aliphatic carbocycles. The molecule has 1 aromatic heterocycles. The number of benzene rings is 1. The molecule has 0 aliphatic heterocycles. The van der Waals surface area contributed by atoms with Crippen LogP contribution in [0.4, 0.5) is 17.3 Å². The normalized spacial score (nSPS) is 9.90. The second kappa shape index (κ2) is 6.43. The summed E-state index contributed by atoms with van der Waals surface area (Å²) in [5.74, 6) is -0.0897. The quantitative estimate of drug-likeness (QED) is 0.813. The summed E-state index contributed by atoms with van der Waals surface area (Å²) in [5.41, 5.74) is 6.86. The number of nitrogens with zero attached hydrogens (tertiary/aromatic N) is 3. The van der Waals surface area contributed by atoms with E-state index in [1.54, 1.807) is 0 Å². The molecule has 0 saturated carbocycles. The summed E-state index contributed by atoms with van der Waals surface area (Å²) in [6.07, 6.45) is 0.247. The third kappa shape index (κ3) is 3.12. The van der Waals surface area contributed by atoms with E-state index >= 15 is 0 Å². The Morgan fingerprint density at radius 1 is 1.48 bits per heavy atom. The van der Waals surface area contributed by atoms with Gasteiger partial charge in [0.15, 0.2) is 5.82 Å². The fourth-order valence-electron chi connectivity index (χ4n) is 1.85. The van der Waals surface area contributed by atoms with Crippen molar-refractivity contribution >= 4 is 23.3 Å². The van der Waals surface area contributed by atoms with E-state index in [-0.39, 0.29) is 17.8 Å². The Morgan fingerprint density at radius 3 is 2.81 bits per heavy atom. The summed E-state index contributed by atoms with van der Waals surface area (Å²) in [6.45, 7) is 0.308. The molecule has 0 fully saturated rings. The lowest BCUT2D eigenvalue weighted by molar-refractivity contribution is 0.0603. The number of hydrogen-bond donors (Lipinski definition) is 2. The van der Waals surface area contributed by atoms with Crippen LogP contribution in [0, 0.1) is 11.3 Å². The third-order valence-electron chi connectivity index (χ3n) is 2.85. The van der Waals surface area contributed by atoms with Crippen LogP contribution in [0.15, 0.2) is 30.3 Å². The van der Waals surface area contributed by atoms with E-state index in [0.717, 1.165) is 5.69 Å². The lowest BCUT2D eigenvalue weighted by Gasteiger charge is -2.04. The lowest BCUT2D eigenvalue weighted by atomic mass is 10.2. The van der Waals surface area contributed by atoms with Gasteiger partial charge in [-0.1, -0.05) is 18.2 Å². The Labute approximate surface area is 121 Å². The van der Waals surface area contributed by atoms with Gasteiger partial charge in [-0.2, -0.15) is 10.4 Å². The average molecular weight is 285 g/mol. The fourth-order valence-corrected chi connectivity index (χ4v) is 1.85. The van der Waals surface area contributed by atoms with Gasteiger partial charge in [-0.05, 0) is 12.1 Å². The van der Waals surface area contributed by atoms with Crippen LogP contribution in [0.5, 0.6) is 0 Å². The number of para-hydroxylation sites is 1. The number of nitrogens with one attached hydrogen (secondary N) is 1. The fraction of sp³-hybridized carbons (Fsp3) is 0.214. The molecule has 0 radical (unpaired) electrons. The van der Waals surface area contributed by atoms with E-state index in [1.165, 1.54) is 11.8 Å². The van der Waals surface area contributed by atoms with Crippen LogP contribution in [-0.2, 0) is 11.3 Å². The number of aryl methyl sites for hydroxylation is 1. The molecule has 0 atom stereocenters. The zero-order chi connectivity index (χ0) is 15.2. The van der Waals surface area contributed by atoms with E-state index in [0.29, 0.717) is 12.4 Å². The molecule has 0 aliphatic rings. The molecule has 1 heterocycles. The molecule has 0 spiro atoms. The van der Waals surface area contributed by atoms with E-state index < -0.39 is 5.97 Å². The van der Waals surface area contributed by atoms with E-state index in [9.17, 15) is 4.79 Å². The minimum Gasteiger partial charge on any atom is -0.465 e. The molecule has 0 saturated heterocycles. The number of nitrogen functional groups attached to an aromatic ring is 1. The zero-order valence-electron chi connectivity index (χ0n) is 11.5. The van der Waals surface area contributed by atoms with Crippen molar-refractivity contribution in [2.45, 2.75) is 13.0 Å². The highest BCUT2D eigenvalue weighted by atomic mass is 16.5. The first-order valence-corrected chi connectivity index (χ1v) is 6.31. The first-order valence-electron chi connectivity index (χ1n) is 6.31. The number of rotatable bonds is 5. The van der Waals surface area contributed by atoms with Crippen LogP contribution in [0.3, 0.4) is 0 Å². The number of methoxy groups -OCH3 is 1. The SMILES string of the molecule is COC(=O)c1c(Nc2ccccc2)nn(CCC#N)c1N. The van der Waals surface area contributed by atoms with Gasteiger partial charge >= 0.3 is 5.97 Å². The maximum atomic E-state index is 11.9. The third-order valence-corrected chi connectivity index (χ3v) is 2.85. The number of anilines is 3. The Bertz CT molecular complexity index is 673. The van der Waals surface area contributed by atoms with Gasteiger partial charge in [0.1, 0.15) is 11.4 Å². The number of nitrogens with two attached hydrogens (primary N) is 1. The Hall–Kier alpha value is -3.01. The largest absolute Gasteiger partial charge is 0.465 e. The van der Waals surface area contributed by atoms with Gasteiger partial charge in [0, 0.05) is 5.69 Å². The standard InChI is InChI=1S/C14H15N5O2/c1-21-14(20)11-12(16)19(9-5-8-15)18-13(11)17-10-6-3-2-4-7-10/h2-4,6-7H,5,9,16H2,1H3,(H,17,18). The second-order valence-corrected chi connectivity index (χ2v) is 4.22. The predicted octanol–water partition coefficient (Wildman–Crippen LogP) is 1.91. The van der Waals surface area contributed by atoms with Crippen LogP contribution in [0.25, 0.3) is 0 Å². The van der Waals surface area contributed by atoms with Crippen molar-refractivity contribution in [3.8, 4) is 6.07 Å². The highest BCUT2D eigenvalue weighted by Crippen LogP contribution is 2.26. The Balaban J connectivity index is 2.38. The summed E-state index contributed by atoms with van der Waals surface area (Å²) in [6, 6.07) is 11.3. The zero-order valence-corrected chi connectivity index (χ0v) is 11.5. The van der Waals surface area contributed by atoms with E-state index in [2.05, 4.69) is 10.4 Å². The maximum absolute atomic E-state index is 11.9. The summed E-state index contributed by atoms with van der Waals surface area (Å²) in [4.78, 5) is 11.9. The Kier molecular flexibility index (Phi) is 4.41. The predicted molar refractivity (Wildman–Crippen MR) is 77.9 cm³/mol. The lowest BCUT2D eigenvalue weighted by Crippen LogP contribution is -2.09. The van der Waals surface area contributed by atoms with Crippen molar-refractivity contribution in [3.05, 3.63) is 35.9 Å². The van der Waals surface area contributed by atoms with E-state index in [1.807, 2.05) is 36.4 Å². The number of aromatic nitrogens is 2. The molecule has 0 unspecified atom stereocenters. The minimum atomic E-state index is -0.575. The van der Waals surface area contributed by atoms with Crippen molar-refractivity contribution < 1.29 is 9.53 Å². The number of carbonyl (C=O) groups is 1. The minimum absolute atomic E-state index is 0.166. The molecule has 1 aromatic carbocycles. The number of ether oxygens (including phenoxy) is 1. The van der Waals surface area contributed by atoms with Gasteiger partial charge in [-0.3, -0.25) is 0 Å². The summed E-state index contributed by atoms with van der Waals surface area (Å²) in [5, 5.41) is 15.9. The molecular weight excluding hydrogens is 270 g/mol. The van der Waals surface area contributed by atoms with Gasteiger partial charge in [-0.25, -0.2) is 9.48 Å². The first-order chi connectivity index (χ1) is 10.2. The van der Waals surface area contributed by atoms with Crippen LogP contribution in [0.1, 0.15) is 16.8 Å². The van der Waals surface area contributed by atoms with Crippen LogP contribution < -0.4 is 11.1 Å². The molecule has 2 aromatic rings. The van der Waals surface area contributed by atoms with Crippen LogP contribution in [0.2, 0.25) is 0 Å². The van der Waals surface area contributed by atoms with Gasteiger partial charge in [0.05, 0.1) is 26.1 Å². The topological polar surface area (TPSA) is 106 Å². The molecule has 2 rings (SSSR count). The second-order valence-electron chi connectivity index (χ2n) is 4.22. The first kappa shape index (κ1) is 14.4. The van der Waals surface area contributed by atoms with Crippen molar-refractivity contribution in [1.82, 2.24) is 9.78 Å². The number of esters is 1. The number of nitriles is 1. The van der Waals surface area contributed by atoms with Crippen LogP contribution in [-0.4, -0.2) is 22.9 Å². The monoisotopic (exact) mass is 285 g/mol. The summed E-state index contributed by atoms with van der Waals surface area (Å²) < 4.78 is 6.15. The van der Waals surface area contributed by atoms with Crippen molar-refractivity contribution in [2.24, 2.45) is 0 Å². The number of hydrogen-bond acceptors (Lipinski definition) is 6. The van der Waals surface area contributed by atoms with Crippen molar-refractivity contribution in [1.29, 1.82) is 5.26 Å². The molecule has 3 N–H and O–H groups in total. The molecule has 7 nitrogen and oxygen atoms in total. The van der Waals surface area contributed by atoms with Gasteiger partial charge in [-0.15, -0.1) is 0 Å². The molecular formula is C14H15N5O2. The van der Waals surface area contributed by atoms with E-state index in [4.69, 9.17) is 15.7 Å². The Morgan fingerprint density at radius 2 is 2.19 bits per heavy atom. The van der Waals surface area contributed by atoms with Gasteiger partial charge < -0.3 is 15.8 Å². The van der Waals surface area contributed by atoms with Crippen molar-refractivity contribution in [2.75, 3.05) is 18.2 Å². The molecule has 7 heteroatoms. The molecule has 0 amide bonds. The highest BCUT2D eigenvalue weighted by molar-refractivity contribution is 6.00. The number of carbonyl (C=O) groups excluding carboxylic acids is 1. The molecule has 21 heavy (non-hydrogen) atoms. The average Bonchev–Trinajstić information content (AvgIpc) is 2.81. The highest BCUT2D eigenvalue weighted by Gasteiger charge is 2.23. The maximum Gasteiger partial charge on any atom is 0.345 e.